The molecule has 0 radical (unpaired) electrons. The molecule has 0 saturated carbocycles. The van der Waals surface area contributed by atoms with Gasteiger partial charge >= 0.3 is 0 Å². The maximum Gasteiger partial charge on any atom is 0.123 e. The highest BCUT2D eigenvalue weighted by molar-refractivity contribution is 5.52. The smallest absolute Gasteiger partial charge is 0.123 e. The van der Waals surface area contributed by atoms with Crippen molar-refractivity contribution in [3.63, 3.8) is 0 Å². The molecule has 0 atom stereocenters. The third-order valence-corrected chi connectivity index (χ3v) is 10.5. The second kappa shape index (κ2) is 28.1. The Bertz CT molecular complexity index is 1160. The first-order valence-corrected chi connectivity index (χ1v) is 21.1. The fourth-order valence-electron chi connectivity index (χ4n) is 6.85. The van der Waals surface area contributed by atoms with Gasteiger partial charge in [-0.15, -0.1) is 0 Å². The summed E-state index contributed by atoms with van der Waals surface area (Å²) >= 11 is 0. The van der Waals surface area contributed by atoms with E-state index in [0.717, 1.165) is 98.4 Å². The fraction of sp³-hybridized carbons (Fsp3) is 0.733. The van der Waals surface area contributed by atoms with E-state index in [-0.39, 0.29) is 0 Å². The topological polar surface area (TPSA) is 43.4 Å². The van der Waals surface area contributed by atoms with Crippen LogP contribution in [0.2, 0.25) is 0 Å². The van der Waals surface area contributed by atoms with Crippen LogP contribution in [-0.4, -0.2) is 76.0 Å². The SMILES string of the molecule is CCCCCCCCCCCCCCCCOc1cc(CC)c(OC)cc1Cc1cc(OCCN(CC)CC)c(C)cc1OCCN(CC)CC. The van der Waals surface area contributed by atoms with E-state index < -0.39 is 0 Å². The summed E-state index contributed by atoms with van der Waals surface area (Å²) in [6, 6.07) is 8.74. The molecule has 0 amide bonds. The summed E-state index contributed by atoms with van der Waals surface area (Å²) < 4.78 is 25.3. The van der Waals surface area contributed by atoms with Gasteiger partial charge in [0.25, 0.3) is 0 Å². The number of methoxy groups -OCH3 is 1. The monoisotopic (exact) mass is 711 g/mol. The van der Waals surface area contributed by atoms with E-state index in [2.05, 4.69) is 82.5 Å². The predicted octanol–water partition coefficient (Wildman–Crippen LogP) is 11.5. The minimum Gasteiger partial charge on any atom is -0.496 e. The zero-order valence-electron chi connectivity index (χ0n) is 34.5. The number of rotatable bonds is 32. The van der Waals surface area contributed by atoms with E-state index in [4.69, 9.17) is 18.9 Å². The van der Waals surface area contributed by atoms with Gasteiger partial charge in [-0.05, 0) is 81.3 Å². The molecule has 0 aromatic heterocycles. The first kappa shape index (κ1) is 44.7. The number of hydrogen-bond acceptors (Lipinski definition) is 6. The van der Waals surface area contributed by atoms with Crippen LogP contribution in [0.4, 0.5) is 0 Å². The van der Waals surface area contributed by atoms with Gasteiger partial charge in [0.15, 0.2) is 0 Å². The van der Waals surface area contributed by atoms with Crippen LogP contribution in [0.1, 0.15) is 154 Å². The highest BCUT2D eigenvalue weighted by Crippen LogP contribution is 2.36. The summed E-state index contributed by atoms with van der Waals surface area (Å²) in [5.41, 5.74) is 4.52. The Labute approximate surface area is 315 Å². The predicted molar refractivity (Wildman–Crippen MR) is 219 cm³/mol. The summed E-state index contributed by atoms with van der Waals surface area (Å²) in [5, 5.41) is 0. The average molecular weight is 711 g/mol. The van der Waals surface area contributed by atoms with E-state index in [1.54, 1.807) is 7.11 Å². The van der Waals surface area contributed by atoms with Crippen molar-refractivity contribution >= 4 is 0 Å². The molecule has 0 aliphatic heterocycles. The van der Waals surface area contributed by atoms with E-state index in [9.17, 15) is 0 Å². The van der Waals surface area contributed by atoms with Crippen LogP contribution in [0, 0.1) is 6.92 Å². The molecular weight excluding hydrogens is 633 g/mol. The second-order valence-electron chi connectivity index (χ2n) is 14.2. The van der Waals surface area contributed by atoms with Crippen molar-refractivity contribution in [1.29, 1.82) is 0 Å². The van der Waals surface area contributed by atoms with E-state index in [0.29, 0.717) is 19.6 Å². The summed E-state index contributed by atoms with van der Waals surface area (Å²) in [7, 11) is 1.77. The summed E-state index contributed by atoms with van der Waals surface area (Å²) in [6.07, 6.45) is 20.6. The average Bonchev–Trinajstić information content (AvgIpc) is 3.15. The highest BCUT2D eigenvalue weighted by atomic mass is 16.5. The molecule has 0 saturated heterocycles. The van der Waals surface area contributed by atoms with Gasteiger partial charge in [-0.1, -0.05) is 125 Å². The van der Waals surface area contributed by atoms with Gasteiger partial charge in [-0.25, -0.2) is 0 Å². The third-order valence-electron chi connectivity index (χ3n) is 10.5. The summed E-state index contributed by atoms with van der Waals surface area (Å²) in [6.45, 7) is 23.4. The number of ether oxygens (including phenoxy) is 4. The van der Waals surface area contributed by atoms with Crippen molar-refractivity contribution in [3.05, 3.63) is 46.5 Å². The minimum atomic E-state index is 0.650. The number of likely N-dealkylation sites (N-methyl/N-ethyl adjacent to an activating group) is 2. The first-order valence-electron chi connectivity index (χ1n) is 21.1. The lowest BCUT2D eigenvalue weighted by molar-refractivity contribution is 0.217. The molecule has 2 rings (SSSR count). The molecule has 292 valence electrons. The Morgan fingerprint density at radius 2 is 0.863 bits per heavy atom. The maximum atomic E-state index is 6.57. The minimum absolute atomic E-state index is 0.650. The van der Waals surface area contributed by atoms with Crippen molar-refractivity contribution in [3.8, 4) is 23.0 Å². The zero-order valence-corrected chi connectivity index (χ0v) is 34.5. The number of nitrogens with zero attached hydrogens (tertiary/aromatic N) is 2. The van der Waals surface area contributed by atoms with E-state index in [1.165, 1.54) is 89.0 Å². The fourth-order valence-corrected chi connectivity index (χ4v) is 6.85. The van der Waals surface area contributed by atoms with E-state index in [1.807, 2.05) is 0 Å². The standard InChI is InChI=1S/C45H78N2O4/c1-9-15-16-17-18-19-20-21-22-23-24-25-26-27-30-49-45-35-39(10-2)43(48-8)37-41(45)34-40-36-42(50-31-28-46(11-3)12-4)38(7)33-44(40)51-32-29-47(13-5)14-6/h33,35-37H,9-32,34H2,1-8H3. The molecule has 0 aliphatic carbocycles. The Morgan fingerprint density at radius 1 is 0.451 bits per heavy atom. The molecule has 0 N–H and O–H groups in total. The van der Waals surface area contributed by atoms with Gasteiger partial charge in [0.05, 0.1) is 13.7 Å². The van der Waals surface area contributed by atoms with Gasteiger partial charge in [0, 0.05) is 30.6 Å². The quantitative estimate of drug-likeness (QED) is 0.0704. The van der Waals surface area contributed by atoms with Crippen LogP contribution in [0.25, 0.3) is 0 Å². The number of unbranched alkanes of at least 4 members (excludes halogenated alkanes) is 13. The van der Waals surface area contributed by atoms with Crippen molar-refractivity contribution in [2.75, 3.05) is 66.2 Å². The lowest BCUT2D eigenvalue weighted by atomic mass is 9.98. The van der Waals surface area contributed by atoms with Gasteiger partial charge < -0.3 is 28.7 Å². The van der Waals surface area contributed by atoms with Crippen LogP contribution in [0.5, 0.6) is 23.0 Å². The van der Waals surface area contributed by atoms with Crippen LogP contribution in [0.3, 0.4) is 0 Å². The molecule has 2 aromatic rings. The van der Waals surface area contributed by atoms with Crippen molar-refractivity contribution in [2.24, 2.45) is 0 Å². The molecule has 0 unspecified atom stereocenters. The molecule has 0 bridgehead atoms. The summed E-state index contributed by atoms with van der Waals surface area (Å²) in [5.74, 6) is 3.73. The van der Waals surface area contributed by atoms with Crippen LogP contribution in [0.15, 0.2) is 24.3 Å². The first-order chi connectivity index (χ1) is 24.9. The van der Waals surface area contributed by atoms with Gasteiger partial charge in [0.1, 0.15) is 36.2 Å². The molecule has 51 heavy (non-hydrogen) atoms. The number of hydrogen-bond donors (Lipinski definition) is 0. The van der Waals surface area contributed by atoms with Crippen molar-refractivity contribution in [1.82, 2.24) is 9.80 Å². The second-order valence-corrected chi connectivity index (χ2v) is 14.2. The van der Waals surface area contributed by atoms with Crippen LogP contribution in [-0.2, 0) is 12.8 Å². The Morgan fingerprint density at radius 3 is 1.33 bits per heavy atom. The van der Waals surface area contributed by atoms with Crippen LogP contribution < -0.4 is 18.9 Å². The third kappa shape index (κ3) is 17.8. The van der Waals surface area contributed by atoms with E-state index >= 15 is 0 Å². The molecule has 0 spiro atoms. The molecule has 6 nitrogen and oxygen atoms in total. The normalized spacial score (nSPS) is 11.5. The maximum absolute atomic E-state index is 6.57. The Kier molecular flexibility index (Phi) is 24.7. The van der Waals surface area contributed by atoms with Gasteiger partial charge in [0.2, 0.25) is 0 Å². The van der Waals surface area contributed by atoms with Gasteiger partial charge in [-0.3, -0.25) is 0 Å². The molecule has 6 heteroatoms. The van der Waals surface area contributed by atoms with Crippen molar-refractivity contribution in [2.45, 2.75) is 151 Å². The van der Waals surface area contributed by atoms with Crippen molar-refractivity contribution < 1.29 is 18.9 Å². The summed E-state index contributed by atoms with van der Waals surface area (Å²) in [4.78, 5) is 4.79. The zero-order chi connectivity index (χ0) is 37.1. The molecule has 0 fully saturated rings. The molecule has 0 heterocycles. The highest BCUT2D eigenvalue weighted by Gasteiger charge is 2.17. The van der Waals surface area contributed by atoms with Gasteiger partial charge in [-0.2, -0.15) is 0 Å². The molecule has 0 aliphatic rings. The molecule has 2 aromatic carbocycles. The Balaban J connectivity index is 2.07. The number of benzene rings is 2. The Hall–Kier alpha value is -2.44. The lowest BCUT2D eigenvalue weighted by Gasteiger charge is -2.22. The lowest BCUT2D eigenvalue weighted by Crippen LogP contribution is -2.28. The molecular formula is C45H78N2O4. The van der Waals surface area contributed by atoms with Crippen LogP contribution >= 0.6 is 0 Å². The number of aryl methyl sites for hydroxylation is 2. The largest absolute Gasteiger partial charge is 0.496 e.